The van der Waals surface area contributed by atoms with Crippen molar-refractivity contribution in [3.63, 3.8) is 0 Å². The molecule has 0 bridgehead atoms. The number of likely N-dealkylation sites (tertiary alicyclic amines) is 1. The van der Waals surface area contributed by atoms with Gasteiger partial charge in [0.25, 0.3) is 0 Å². The number of nitrogens with zero attached hydrogens (tertiary/aromatic N) is 1. The number of rotatable bonds is 1. The number of hydrogen-bond donors (Lipinski definition) is 1. The fraction of sp³-hybridized carbons (Fsp3) is 0.917. The van der Waals surface area contributed by atoms with Gasteiger partial charge in [0, 0.05) is 13.1 Å². The third-order valence-corrected chi connectivity index (χ3v) is 4.00. The molecular weight excluding hydrogens is 188 g/mol. The number of carbonyl (C=O) groups is 1. The van der Waals surface area contributed by atoms with E-state index in [1.165, 1.54) is 6.42 Å². The van der Waals surface area contributed by atoms with E-state index in [1.54, 1.807) is 0 Å². The van der Waals surface area contributed by atoms with Crippen LogP contribution in [0.1, 0.15) is 33.1 Å². The molecule has 2 fully saturated rings. The number of piperidine rings is 1. The van der Waals surface area contributed by atoms with E-state index in [2.05, 4.69) is 24.1 Å². The lowest BCUT2D eigenvalue weighted by Crippen LogP contribution is -2.49. The molecule has 2 heterocycles. The summed E-state index contributed by atoms with van der Waals surface area (Å²) in [6.07, 6.45) is 3.34. The molecule has 3 nitrogen and oxygen atoms in total. The highest BCUT2D eigenvalue weighted by molar-refractivity contribution is 5.82. The van der Waals surface area contributed by atoms with Crippen molar-refractivity contribution < 1.29 is 4.79 Å². The summed E-state index contributed by atoms with van der Waals surface area (Å²) in [5.41, 5.74) is 0. The number of nitrogens with one attached hydrogen (secondary N) is 1. The van der Waals surface area contributed by atoms with Gasteiger partial charge in [0.2, 0.25) is 5.91 Å². The lowest BCUT2D eigenvalue weighted by molar-refractivity contribution is -0.135. The SMILES string of the molecule is CC1CCN(C(=O)[C@@H]2CCCN2)CC1C. The maximum Gasteiger partial charge on any atom is 0.239 e. The first-order chi connectivity index (χ1) is 7.18. The van der Waals surface area contributed by atoms with Crippen LogP contribution in [0.5, 0.6) is 0 Å². The monoisotopic (exact) mass is 210 g/mol. The first kappa shape index (κ1) is 10.9. The second kappa shape index (κ2) is 4.52. The fourth-order valence-electron chi connectivity index (χ4n) is 2.58. The minimum atomic E-state index is 0.116. The number of carbonyl (C=O) groups excluding carboxylic acids is 1. The molecule has 0 spiro atoms. The molecule has 86 valence electrons. The standard InChI is InChI=1S/C12H22N2O/c1-9-5-7-14(8-10(9)2)12(15)11-4-3-6-13-11/h9-11,13H,3-8H2,1-2H3/t9?,10?,11-/m0/s1. The van der Waals surface area contributed by atoms with Gasteiger partial charge in [-0.25, -0.2) is 0 Å². The highest BCUT2D eigenvalue weighted by Crippen LogP contribution is 2.23. The van der Waals surface area contributed by atoms with Crippen molar-refractivity contribution in [2.75, 3.05) is 19.6 Å². The zero-order valence-electron chi connectivity index (χ0n) is 9.83. The molecule has 0 saturated carbocycles. The Morgan fingerprint density at radius 3 is 2.67 bits per heavy atom. The lowest BCUT2D eigenvalue weighted by Gasteiger charge is -2.36. The van der Waals surface area contributed by atoms with Crippen LogP contribution in [0.25, 0.3) is 0 Å². The third-order valence-electron chi connectivity index (χ3n) is 4.00. The van der Waals surface area contributed by atoms with E-state index in [1.807, 2.05) is 0 Å². The van der Waals surface area contributed by atoms with Crippen molar-refractivity contribution in [3.05, 3.63) is 0 Å². The highest BCUT2D eigenvalue weighted by atomic mass is 16.2. The average Bonchev–Trinajstić information content (AvgIpc) is 2.74. The highest BCUT2D eigenvalue weighted by Gasteiger charge is 2.31. The van der Waals surface area contributed by atoms with Crippen molar-refractivity contribution in [1.29, 1.82) is 0 Å². The number of amides is 1. The van der Waals surface area contributed by atoms with Crippen LogP contribution in [-0.2, 0) is 4.79 Å². The van der Waals surface area contributed by atoms with Crippen LogP contribution >= 0.6 is 0 Å². The Bertz CT molecular complexity index is 236. The summed E-state index contributed by atoms with van der Waals surface area (Å²) in [6, 6.07) is 0.116. The molecule has 0 aromatic rings. The minimum Gasteiger partial charge on any atom is -0.341 e. The van der Waals surface area contributed by atoms with Gasteiger partial charge >= 0.3 is 0 Å². The van der Waals surface area contributed by atoms with Gasteiger partial charge in [-0.1, -0.05) is 13.8 Å². The zero-order chi connectivity index (χ0) is 10.8. The molecule has 2 rings (SSSR count). The quantitative estimate of drug-likeness (QED) is 0.706. The molecule has 0 radical (unpaired) electrons. The topological polar surface area (TPSA) is 32.3 Å². The summed E-state index contributed by atoms with van der Waals surface area (Å²) in [7, 11) is 0. The summed E-state index contributed by atoms with van der Waals surface area (Å²) in [6.45, 7) is 7.48. The molecule has 0 aliphatic carbocycles. The summed E-state index contributed by atoms with van der Waals surface area (Å²) in [4.78, 5) is 14.2. The smallest absolute Gasteiger partial charge is 0.239 e. The summed E-state index contributed by atoms with van der Waals surface area (Å²) < 4.78 is 0. The second-order valence-electron chi connectivity index (χ2n) is 5.18. The molecule has 3 atom stereocenters. The average molecular weight is 210 g/mol. The largest absolute Gasteiger partial charge is 0.341 e. The van der Waals surface area contributed by atoms with Crippen molar-refractivity contribution in [2.24, 2.45) is 11.8 Å². The molecule has 2 saturated heterocycles. The van der Waals surface area contributed by atoms with Gasteiger partial charge in [0.05, 0.1) is 6.04 Å². The normalized spacial score (nSPS) is 36.9. The van der Waals surface area contributed by atoms with E-state index < -0.39 is 0 Å². The molecular formula is C12H22N2O. The first-order valence-corrected chi connectivity index (χ1v) is 6.20. The summed E-state index contributed by atoms with van der Waals surface area (Å²) >= 11 is 0. The predicted molar refractivity (Wildman–Crippen MR) is 60.5 cm³/mol. The van der Waals surface area contributed by atoms with E-state index >= 15 is 0 Å². The maximum absolute atomic E-state index is 12.1. The molecule has 3 heteroatoms. The van der Waals surface area contributed by atoms with E-state index in [0.717, 1.165) is 38.4 Å². The van der Waals surface area contributed by atoms with Crippen LogP contribution in [-0.4, -0.2) is 36.5 Å². The van der Waals surface area contributed by atoms with Crippen molar-refractivity contribution in [2.45, 2.75) is 39.2 Å². The Labute approximate surface area is 92.2 Å². The Balaban J connectivity index is 1.90. The maximum atomic E-state index is 12.1. The zero-order valence-corrected chi connectivity index (χ0v) is 9.83. The minimum absolute atomic E-state index is 0.116. The molecule has 15 heavy (non-hydrogen) atoms. The number of hydrogen-bond acceptors (Lipinski definition) is 2. The van der Waals surface area contributed by atoms with Crippen LogP contribution in [0, 0.1) is 11.8 Å². The third kappa shape index (κ3) is 2.33. The Kier molecular flexibility index (Phi) is 3.29. The molecule has 1 amide bonds. The first-order valence-electron chi connectivity index (χ1n) is 6.20. The van der Waals surface area contributed by atoms with Crippen LogP contribution in [0.3, 0.4) is 0 Å². The Morgan fingerprint density at radius 2 is 2.07 bits per heavy atom. The van der Waals surface area contributed by atoms with E-state index in [-0.39, 0.29) is 6.04 Å². The summed E-state index contributed by atoms with van der Waals surface area (Å²) in [5, 5.41) is 3.29. The summed E-state index contributed by atoms with van der Waals surface area (Å²) in [5.74, 6) is 1.76. The van der Waals surface area contributed by atoms with Gasteiger partial charge in [-0.3, -0.25) is 4.79 Å². The Hall–Kier alpha value is -0.570. The van der Waals surface area contributed by atoms with Crippen LogP contribution < -0.4 is 5.32 Å². The van der Waals surface area contributed by atoms with Crippen LogP contribution in [0.2, 0.25) is 0 Å². The van der Waals surface area contributed by atoms with Gasteiger partial charge in [-0.15, -0.1) is 0 Å². The van der Waals surface area contributed by atoms with Gasteiger partial charge in [-0.05, 0) is 37.6 Å². The molecule has 0 aromatic carbocycles. The molecule has 2 aliphatic rings. The lowest BCUT2D eigenvalue weighted by atomic mass is 9.88. The molecule has 1 N–H and O–H groups in total. The fourth-order valence-corrected chi connectivity index (χ4v) is 2.58. The van der Waals surface area contributed by atoms with Gasteiger partial charge in [0.1, 0.15) is 0 Å². The van der Waals surface area contributed by atoms with Crippen LogP contribution in [0.15, 0.2) is 0 Å². The van der Waals surface area contributed by atoms with E-state index in [9.17, 15) is 4.79 Å². The van der Waals surface area contributed by atoms with Crippen LogP contribution in [0.4, 0.5) is 0 Å². The van der Waals surface area contributed by atoms with Gasteiger partial charge in [-0.2, -0.15) is 0 Å². The van der Waals surface area contributed by atoms with Gasteiger partial charge < -0.3 is 10.2 Å². The van der Waals surface area contributed by atoms with Crippen molar-refractivity contribution in [3.8, 4) is 0 Å². The van der Waals surface area contributed by atoms with Gasteiger partial charge in [0.15, 0.2) is 0 Å². The molecule has 2 unspecified atom stereocenters. The van der Waals surface area contributed by atoms with Crippen molar-refractivity contribution >= 4 is 5.91 Å². The molecule has 0 aromatic heterocycles. The second-order valence-corrected chi connectivity index (χ2v) is 5.18. The predicted octanol–water partition coefficient (Wildman–Crippen LogP) is 1.24. The Morgan fingerprint density at radius 1 is 1.27 bits per heavy atom. The van der Waals surface area contributed by atoms with Crippen molar-refractivity contribution in [1.82, 2.24) is 10.2 Å². The van der Waals surface area contributed by atoms with E-state index in [4.69, 9.17) is 0 Å². The van der Waals surface area contributed by atoms with E-state index in [0.29, 0.717) is 11.8 Å². The molecule has 2 aliphatic heterocycles.